The first-order valence-corrected chi connectivity index (χ1v) is 6.72. The number of hydrogen-bond acceptors (Lipinski definition) is 2. The Morgan fingerprint density at radius 3 is 2.40 bits per heavy atom. The van der Waals surface area contributed by atoms with Crippen LogP contribution in [0.2, 0.25) is 10.0 Å². The predicted octanol–water partition coefficient (Wildman–Crippen LogP) is 3.93. The third kappa shape index (κ3) is 3.65. The van der Waals surface area contributed by atoms with E-state index in [1.807, 2.05) is 12.1 Å². The van der Waals surface area contributed by atoms with E-state index < -0.39 is 0 Å². The fourth-order valence-electron chi connectivity index (χ4n) is 1.74. The van der Waals surface area contributed by atoms with Crippen molar-refractivity contribution in [1.82, 2.24) is 5.32 Å². The molecule has 0 aliphatic rings. The fourth-order valence-corrected chi connectivity index (χ4v) is 2.04. The largest absolute Gasteiger partial charge is 0.496 e. The second-order valence-corrected chi connectivity index (χ2v) is 5.03. The molecule has 0 spiro atoms. The molecule has 0 radical (unpaired) electrons. The molecule has 0 aliphatic carbocycles. The summed E-state index contributed by atoms with van der Waals surface area (Å²) in [6.45, 7) is 0.408. The van der Waals surface area contributed by atoms with E-state index in [4.69, 9.17) is 27.9 Å². The Kier molecular flexibility index (Phi) is 4.88. The zero-order chi connectivity index (χ0) is 14.5. The number of ether oxygens (including phenoxy) is 1. The molecular weight excluding hydrogens is 297 g/mol. The molecule has 0 heterocycles. The Labute approximate surface area is 127 Å². The molecule has 20 heavy (non-hydrogen) atoms. The second-order valence-electron chi connectivity index (χ2n) is 4.15. The number of carbonyl (C=O) groups excluding carboxylic acids is 1. The number of nitrogens with one attached hydrogen (secondary N) is 1. The standard InChI is InChI=1S/C15H13Cl2NO2/c1-20-14-7-6-12(17)8-13(14)15(19)18-9-10-2-4-11(16)5-3-10/h2-8H,9H2,1H3,(H,18,19). The van der Waals surface area contributed by atoms with E-state index in [-0.39, 0.29) is 5.91 Å². The van der Waals surface area contributed by atoms with Crippen molar-refractivity contribution in [2.45, 2.75) is 6.54 Å². The van der Waals surface area contributed by atoms with Gasteiger partial charge in [-0.15, -0.1) is 0 Å². The Morgan fingerprint density at radius 2 is 1.75 bits per heavy atom. The van der Waals surface area contributed by atoms with Crippen LogP contribution in [0.1, 0.15) is 15.9 Å². The average Bonchev–Trinajstić information content (AvgIpc) is 2.46. The highest BCUT2D eigenvalue weighted by Gasteiger charge is 2.12. The maximum absolute atomic E-state index is 12.1. The van der Waals surface area contributed by atoms with Crippen LogP contribution in [0.4, 0.5) is 0 Å². The molecule has 0 fully saturated rings. The first kappa shape index (κ1) is 14.7. The highest BCUT2D eigenvalue weighted by Crippen LogP contribution is 2.22. The van der Waals surface area contributed by atoms with Crippen molar-refractivity contribution < 1.29 is 9.53 Å². The van der Waals surface area contributed by atoms with Gasteiger partial charge in [0.25, 0.3) is 5.91 Å². The van der Waals surface area contributed by atoms with Crippen LogP contribution in [0.5, 0.6) is 5.75 Å². The minimum atomic E-state index is -0.237. The van der Waals surface area contributed by atoms with Crippen molar-refractivity contribution >= 4 is 29.1 Å². The zero-order valence-electron chi connectivity index (χ0n) is 10.8. The van der Waals surface area contributed by atoms with Crippen LogP contribution in [0.3, 0.4) is 0 Å². The summed E-state index contributed by atoms with van der Waals surface area (Å²) >= 11 is 11.7. The third-order valence-electron chi connectivity index (χ3n) is 2.77. The van der Waals surface area contributed by atoms with Crippen molar-refractivity contribution in [3.63, 3.8) is 0 Å². The number of rotatable bonds is 4. The van der Waals surface area contributed by atoms with Gasteiger partial charge in [0, 0.05) is 16.6 Å². The molecule has 5 heteroatoms. The van der Waals surface area contributed by atoms with Crippen LogP contribution in [-0.2, 0) is 6.54 Å². The minimum absolute atomic E-state index is 0.237. The van der Waals surface area contributed by atoms with Gasteiger partial charge in [-0.25, -0.2) is 0 Å². The van der Waals surface area contributed by atoms with Gasteiger partial charge in [-0.3, -0.25) is 4.79 Å². The van der Waals surface area contributed by atoms with Gasteiger partial charge in [0.15, 0.2) is 0 Å². The Bertz CT molecular complexity index is 612. The van der Waals surface area contributed by atoms with Gasteiger partial charge in [-0.05, 0) is 35.9 Å². The van der Waals surface area contributed by atoms with E-state index in [1.165, 1.54) is 7.11 Å². The van der Waals surface area contributed by atoms with Gasteiger partial charge >= 0.3 is 0 Å². The lowest BCUT2D eigenvalue weighted by molar-refractivity contribution is 0.0948. The van der Waals surface area contributed by atoms with E-state index in [9.17, 15) is 4.79 Å². The smallest absolute Gasteiger partial charge is 0.255 e. The van der Waals surface area contributed by atoms with Crippen LogP contribution in [0.15, 0.2) is 42.5 Å². The van der Waals surface area contributed by atoms with Gasteiger partial charge in [0.1, 0.15) is 5.75 Å². The molecule has 2 rings (SSSR count). The summed E-state index contributed by atoms with van der Waals surface area (Å²) in [5.41, 5.74) is 1.37. The minimum Gasteiger partial charge on any atom is -0.496 e. The summed E-state index contributed by atoms with van der Waals surface area (Å²) < 4.78 is 5.15. The summed E-state index contributed by atoms with van der Waals surface area (Å²) in [6.07, 6.45) is 0. The van der Waals surface area contributed by atoms with Crippen molar-refractivity contribution in [2.75, 3.05) is 7.11 Å². The number of amides is 1. The molecule has 2 aromatic rings. The molecule has 0 aromatic heterocycles. The van der Waals surface area contributed by atoms with Gasteiger partial charge in [0.2, 0.25) is 0 Å². The monoisotopic (exact) mass is 309 g/mol. The van der Waals surface area contributed by atoms with Crippen LogP contribution in [-0.4, -0.2) is 13.0 Å². The molecule has 0 saturated heterocycles. The first-order chi connectivity index (χ1) is 9.60. The molecule has 0 aliphatic heterocycles. The van der Waals surface area contributed by atoms with Gasteiger partial charge in [0.05, 0.1) is 12.7 Å². The quantitative estimate of drug-likeness (QED) is 0.929. The van der Waals surface area contributed by atoms with Crippen LogP contribution in [0, 0.1) is 0 Å². The van der Waals surface area contributed by atoms with Crippen molar-refractivity contribution in [1.29, 1.82) is 0 Å². The highest BCUT2D eigenvalue weighted by atomic mass is 35.5. The van der Waals surface area contributed by atoms with E-state index in [0.29, 0.717) is 27.9 Å². The van der Waals surface area contributed by atoms with Crippen LogP contribution in [0.25, 0.3) is 0 Å². The predicted molar refractivity (Wildman–Crippen MR) is 80.6 cm³/mol. The van der Waals surface area contributed by atoms with E-state index in [0.717, 1.165) is 5.56 Å². The molecule has 1 N–H and O–H groups in total. The molecule has 0 bridgehead atoms. The summed E-state index contributed by atoms with van der Waals surface area (Å²) in [4.78, 5) is 12.1. The lowest BCUT2D eigenvalue weighted by Gasteiger charge is -2.10. The molecule has 2 aromatic carbocycles. The van der Waals surface area contributed by atoms with Crippen LogP contribution < -0.4 is 10.1 Å². The SMILES string of the molecule is COc1ccc(Cl)cc1C(=O)NCc1ccc(Cl)cc1. The van der Waals surface area contributed by atoms with Crippen LogP contribution >= 0.6 is 23.2 Å². The van der Waals surface area contributed by atoms with Gasteiger partial charge in [-0.1, -0.05) is 35.3 Å². The molecule has 0 atom stereocenters. The Morgan fingerprint density at radius 1 is 1.10 bits per heavy atom. The Hall–Kier alpha value is -1.71. The number of benzene rings is 2. The van der Waals surface area contributed by atoms with E-state index in [2.05, 4.69) is 5.32 Å². The molecule has 0 unspecified atom stereocenters. The van der Waals surface area contributed by atoms with Crippen molar-refractivity contribution in [3.05, 3.63) is 63.6 Å². The summed E-state index contributed by atoms with van der Waals surface area (Å²) in [6, 6.07) is 12.2. The second kappa shape index (κ2) is 6.64. The molecule has 104 valence electrons. The molecule has 3 nitrogen and oxygen atoms in total. The molecule has 1 amide bonds. The summed E-state index contributed by atoms with van der Waals surface area (Å²) in [5.74, 6) is 0.252. The summed E-state index contributed by atoms with van der Waals surface area (Å²) in [7, 11) is 1.51. The third-order valence-corrected chi connectivity index (χ3v) is 3.26. The zero-order valence-corrected chi connectivity index (χ0v) is 12.3. The van der Waals surface area contributed by atoms with Crippen molar-refractivity contribution in [3.8, 4) is 5.75 Å². The van der Waals surface area contributed by atoms with E-state index >= 15 is 0 Å². The average molecular weight is 310 g/mol. The number of hydrogen-bond donors (Lipinski definition) is 1. The number of methoxy groups -OCH3 is 1. The maximum atomic E-state index is 12.1. The number of carbonyl (C=O) groups is 1. The highest BCUT2D eigenvalue weighted by molar-refractivity contribution is 6.31. The number of halogens is 2. The topological polar surface area (TPSA) is 38.3 Å². The lowest BCUT2D eigenvalue weighted by atomic mass is 10.1. The van der Waals surface area contributed by atoms with Gasteiger partial charge < -0.3 is 10.1 Å². The molecular formula is C15H13Cl2NO2. The fraction of sp³-hybridized carbons (Fsp3) is 0.133. The summed E-state index contributed by atoms with van der Waals surface area (Å²) in [5, 5.41) is 3.97. The molecule has 0 saturated carbocycles. The van der Waals surface area contributed by atoms with Gasteiger partial charge in [-0.2, -0.15) is 0 Å². The maximum Gasteiger partial charge on any atom is 0.255 e. The lowest BCUT2D eigenvalue weighted by Crippen LogP contribution is -2.23. The van der Waals surface area contributed by atoms with E-state index in [1.54, 1.807) is 30.3 Å². The van der Waals surface area contributed by atoms with Crippen molar-refractivity contribution in [2.24, 2.45) is 0 Å². The first-order valence-electron chi connectivity index (χ1n) is 5.96. The Balaban J connectivity index is 2.08. The normalized spacial score (nSPS) is 10.2.